The van der Waals surface area contributed by atoms with E-state index in [1.54, 1.807) is 0 Å². The lowest BCUT2D eigenvalue weighted by Crippen LogP contribution is -2.63. The van der Waals surface area contributed by atoms with Gasteiger partial charge in [-0.15, -0.1) is 0 Å². The van der Waals surface area contributed by atoms with Crippen molar-refractivity contribution in [3.63, 3.8) is 0 Å². The molecule has 0 radical (unpaired) electrons. The molecule has 2 nitrogen and oxygen atoms in total. The first-order valence-electron chi connectivity index (χ1n) is 7.81. The predicted molar refractivity (Wildman–Crippen MR) is 80.5 cm³/mol. The Balaban J connectivity index is 2.10. The molecule has 3 aliphatic carbocycles. The van der Waals surface area contributed by atoms with Gasteiger partial charge in [0.15, 0.2) is 8.32 Å². The van der Waals surface area contributed by atoms with Gasteiger partial charge in [-0.1, -0.05) is 26.0 Å². The lowest BCUT2D eigenvalue weighted by molar-refractivity contribution is -0.0325. The maximum absolute atomic E-state index is 9.54. The highest BCUT2D eigenvalue weighted by Gasteiger charge is 2.64. The average Bonchev–Trinajstić information content (AvgIpc) is 2.36. The molecule has 0 aromatic carbocycles. The van der Waals surface area contributed by atoms with Crippen molar-refractivity contribution in [2.75, 3.05) is 13.2 Å². The van der Waals surface area contributed by atoms with Crippen LogP contribution in [0.25, 0.3) is 0 Å². The lowest BCUT2D eigenvalue weighted by atomic mass is 9.50. The van der Waals surface area contributed by atoms with Gasteiger partial charge in [0.25, 0.3) is 0 Å². The number of rotatable bonds is 2. The number of hydrogen-bond donors (Lipinski definition) is 1. The smallest absolute Gasteiger partial charge is 0.190 e. The van der Waals surface area contributed by atoms with Crippen LogP contribution >= 0.6 is 0 Å². The number of aliphatic hydroxyl groups is 1. The third kappa shape index (κ3) is 1.74. The van der Waals surface area contributed by atoms with Crippen molar-refractivity contribution in [3.8, 4) is 0 Å². The normalized spacial score (nSPS) is 51.1. The molecule has 1 aliphatic heterocycles. The summed E-state index contributed by atoms with van der Waals surface area (Å²) in [5.74, 6) is 1.24. The second-order valence-electron chi connectivity index (χ2n) is 7.86. The average molecular weight is 280 g/mol. The number of aliphatic hydroxyl groups excluding tert-OH is 1. The van der Waals surface area contributed by atoms with Crippen molar-refractivity contribution < 1.29 is 9.53 Å². The van der Waals surface area contributed by atoms with Crippen LogP contribution in [-0.2, 0) is 4.43 Å². The van der Waals surface area contributed by atoms with Crippen molar-refractivity contribution in [1.29, 1.82) is 0 Å². The molecule has 0 amide bonds. The van der Waals surface area contributed by atoms with E-state index in [1.807, 2.05) is 0 Å². The molecule has 3 heteroatoms. The van der Waals surface area contributed by atoms with Crippen molar-refractivity contribution in [1.82, 2.24) is 0 Å². The van der Waals surface area contributed by atoms with Crippen LogP contribution in [0.1, 0.15) is 33.1 Å². The zero-order valence-electron chi connectivity index (χ0n) is 12.8. The molecule has 4 aliphatic rings. The Kier molecular flexibility index (Phi) is 3.05. The highest BCUT2D eigenvalue weighted by molar-refractivity contribution is 6.73. The third-order valence-corrected chi connectivity index (χ3v) is 9.86. The summed E-state index contributed by atoms with van der Waals surface area (Å²) in [6.45, 7) is 10.8. The van der Waals surface area contributed by atoms with Gasteiger partial charge in [-0.3, -0.25) is 0 Å². The Morgan fingerprint density at radius 1 is 1.32 bits per heavy atom. The van der Waals surface area contributed by atoms with Gasteiger partial charge in [0.2, 0.25) is 0 Å². The van der Waals surface area contributed by atoms with Crippen LogP contribution in [0.2, 0.25) is 18.6 Å². The highest BCUT2D eigenvalue weighted by Crippen LogP contribution is 2.69. The number of fused-ring (bicyclic) bond motifs is 1. The highest BCUT2D eigenvalue weighted by atomic mass is 28.4. The topological polar surface area (TPSA) is 29.5 Å². The quantitative estimate of drug-likeness (QED) is 0.619. The molecule has 4 rings (SSSR count). The monoisotopic (exact) mass is 280 g/mol. The van der Waals surface area contributed by atoms with Crippen LogP contribution in [0.3, 0.4) is 0 Å². The molecular weight excluding hydrogens is 252 g/mol. The van der Waals surface area contributed by atoms with E-state index in [9.17, 15) is 5.11 Å². The molecule has 1 saturated carbocycles. The van der Waals surface area contributed by atoms with E-state index in [0.29, 0.717) is 34.8 Å². The van der Waals surface area contributed by atoms with Crippen molar-refractivity contribution in [2.45, 2.75) is 51.7 Å². The predicted octanol–water partition coefficient (Wildman–Crippen LogP) is 3.58. The summed E-state index contributed by atoms with van der Waals surface area (Å²) in [6.07, 6.45) is 8.60. The van der Waals surface area contributed by atoms with Crippen molar-refractivity contribution >= 4 is 8.32 Å². The van der Waals surface area contributed by atoms with Gasteiger partial charge in [-0.2, -0.15) is 0 Å². The van der Waals surface area contributed by atoms with Crippen molar-refractivity contribution in [3.05, 3.63) is 12.2 Å². The standard InChI is InChI=1S/C16H28O2Si/c1-12-11-18-19(3,4)14-13(5-10-17)15(2)6-8-16(12,14)9-7-15/h6,8,12-14,17H,5,7,9-11H2,1-4H3/t12-,13-,14-,15+,16-/m1/s1. The SMILES string of the molecule is C[C@@H]1CO[Si](C)(C)[C@@H]2[C@@H](CCO)[C@@]3(C)C=C[C@@]12CC3. The minimum Gasteiger partial charge on any atom is -0.417 e. The maximum Gasteiger partial charge on any atom is 0.190 e. The molecule has 19 heavy (non-hydrogen) atoms. The van der Waals surface area contributed by atoms with Crippen LogP contribution in [0, 0.1) is 22.7 Å². The summed E-state index contributed by atoms with van der Waals surface area (Å²) in [7, 11) is -1.67. The fraction of sp³-hybridized carbons (Fsp3) is 0.875. The van der Waals surface area contributed by atoms with Crippen LogP contribution in [0.5, 0.6) is 0 Å². The fourth-order valence-corrected chi connectivity index (χ4v) is 9.59. The molecule has 0 aromatic heterocycles. The third-order valence-electron chi connectivity index (χ3n) is 6.51. The van der Waals surface area contributed by atoms with Crippen LogP contribution < -0.4 is 0 Å². The van der Waals surface area contributed by atoms with E-state index < -0.39 is 8.32 Å². The minimum atomic E-state index is -1.67. The molecule has 0 aromatic rings. The molecule has 2 fully saturated rings. The molecular formula is C16H28O2Si. The van der Waals surface area contributed by atoms with Gasteiger partial charge in [0, 0.05) is 13.2 Å². The molecule has 108 valence electrons. The Morgan fingerprint density at radius 2 is 2.05 bits per heavy atom. The molecule has 1 N–H and O–H groups in total. The Labute approximate surface area is 118 Å². The second-order valence-corrected chi connectivity index (χ2v) is 12.0. The van der Waals surface area contributed by atoms with Gasteiger partial charge < -0.3 is 9.53 Å². The number of hydrogen-bond acceptors (Lipinski definition) is 2. The van der Waals surface area contributed by atoms with E-state index in [0.717, 1.165) is 13.0 Å². The second kappa shape index (κ2) is 4.19. The van der Waals surface area contributed by atoms with Crippen LogP contribution in [0.4, 0.5) is 0 Å². The minimum absolute atomic E-state index is 0.292. The van der Waals surface area contributed by atoms with Gasteiger partial charge in [0.05, 0.1) is 0 Å². The van der Waals surface area contributed by atoms with Gasteiger partial charge in [0.1, 0.15) is 0 Å². The van der Waals surface area contributed by atoms with Crippen molar-refractivity contribution in [2.24, 2.45) is 22.7 Å². The molecule has 1 heterocycles. The van der Waals surface area contributed by atoms with E-state index in [2.05, 4.69) is 39.1 Å². The largest absolute Gasteiger partial charge is 0.417 e. The molecule has 2 bridgehead atoms. The summed E-state index contributed by atoms with van der Waals surface area (Å²) in [5, 5.41) is 9.54. The molecule has 0 unspecified atom stereocenters. The van der Waals surface area contributed by atoms with Crippen LogP contribution in [-0.4, -0.2) is 26.6 Å². The van der Waals surface area contributed by atoms with Crippen LogP contribution in [0.15, 0.2) is 12.2 Å². The van der Waals surface area contributed by atoms with Gasteiger partial charge in [-0.05, 0) is 60.6 Å². The Bertz CT molecular complexity index is 406. The summed E-state index contributed by atoms with van der Waals surface area (Å²) in [4.78, 5) is 0. The fourth-order valence-electron chi connectivity index (χ4n) is 5.39. The first kappa shape index (κ1) is 13.8. The molecule has 5 atom stereocenters. The summed E-state index contributed by atoms with van der Waals surface area (Å²) >= 11 is 0. The first-order chi connectivity index (χ1) is 8.86. The van der Waals surface area contributed by atoms with E-state index >= 15 is 0 Å². The molecule has 1 spiro atoms. The summed E-state index contributed by atoms with van der Waals surface area (Å²) in [5.41, 5.74) is 1.34. The van der Waals surface area contributed by atoms with Gasteiger partial charge in [-0.25, -0.2) is 0 Å². The van der Waals surface area contributed by atoms with E-state index in [-0.39, 0.29) is 0 Å². The van der Waals surface area contributed by atoms with Gasteiger partial charge >= 0.3 is 0 Å². The lowest BCUT2D eigenvalue weighted by Gasteiger charge is -2.65. The molecule has 1 saturated heterocycles. The maximum atomic E-state index is 9.54. The zero-order valence-corrected chi connectivity index (χ0v) is 13.8. The summed E-state index contributed by atoms with van der Waals surface area (Å²) in [6, 6.07) is 0. The zero-order chi connectivity index (χ0) is 13.9. The first-order valence-corrected chi connectivity index (χ1v) is 10.8. The number of allylic oxidation sites excluding steroid dienone is 2. The Morgan fingerprint density at radius 3 is 2.63 bits per heavy atom. The summed E-state index contributed by atoms with van der Waals surface area (Å²) < 4.78 is 6.34. The Hall–Kier alpha value is -0.123. The van der Waals surface area contributed by atoms with E-state index in [4.69, 9.17) is 4.43 Å². The van der Waals surface area contributed by atoms with E-state index in [1.165, 1.54) is 12.8 Å².